The minimum Gasteiger partial charge on any atom is -0.469 e. The van der Waals surface area contributed by atoms with Crippen LogP contribution in [0.15, 0.2) is 16.7 Å². The minimum absolute atomic E-state index is 0. The third-order valence-corrected chi connectivity index (χ3v) is 4.86. The van der Waals surface area contributed by atoms with E-state index < -0.39 is 0 Å². The van der Waals surface area contributed by atoms with Gasteiger partial charge >= 0.3 is 0 Å². The lowest BCUT2D eigenvalue weighted by atomic mass is 9.71. The molecule has 2 aliphatic heterocycles. The summed E-state index contributed by atoms with van der Waals surface area (Å²) in [4.78, 5) is 14.4. The van der Waals surface area contributed by atoms with E-state index in [0.717, 1.165) is 50.3 Å². The lowest BCUT2D eigenvalue weighted by Gasteiger charge is -2.44. The molecule has 0 saturated carbocycles. The third-order valence-electron chi connectivity index (χ3n) is 4.86. The Labute approximate surface area is 126 Å². The molecule has 2 aliphatic rings. The van der Waals surface area contributed by atoms with Gasteiger partial charge in [0.2, 0.25) is 0 Å². The van der Waals surface area contributed by atoms with Crippen LogP contribution in [0.2, 0.25) is 0 Å². The van der Waals surface area contributed by atoms with Crippen molar-refractivity contribution in [2.45, 2.75) is 32.6 Å². The number of rotatable bonds is 1. The fourth-order valence-electron chi connectivity index (χ4n) is 3.42. The van der Waals surface area contributed by atoms with Crippen molar-refractivity contribution >= 4 is 18.3 Å². The van der Waals surface area contributed by atoms with Crippen LogP contribution in [-0.4, -0.2) is 37.0 Å². The second kappa shape index (κ2) is 6.19. The number of nitrogens with zero attached hydrogens (tertiary/aromatic N) is 1. The summed E-state index contributed by atoms with van der Waals surface area (Å²) in [5.74, 6) is 0.863. The van der Waals surface area contributed by atoms with E-state index >= 15 is 0 Å². The summed E-state index contributed by atoms with van der Waals surface area (Å²) in [6, 6.07) is 1.78. The number of furan rings is 1. The third kappa shape index (κ3) is 2.86. The molecule has 2 fully saturated rings. The predicted molar refractivity (Wildman–Crippen MR) is 80.4 cm³/mol. The molecule has 5 heteroatoms. The second-order valence-electron chi connectivity index (χ2n) is 5.93. The van der Waals surface area contributed by atoms with Gasteiger partial charge in [0.05, 0.1) is 11.8 Å². The minimum atomic E-state index is 0. The maximum Gasteiger partial charge on any atom is 0.257 e. The Hall–Kier alpha value is -1.00. The fourth-order valence-corrected chi connectivity index (χ4v) is 3.42. The Morgan fingerprint density at radius 1 is 1.25 bits per heavy atom. The summed E-state index contributed by atoms with van der Waals surface area (Å²) in [6.07, 6.45) is 6.43. The van der Waals surface area contributed by atoms with Crippen molar-refractivity contribution in [1.82, 2.24) is 10.2 Å². The quantitative estimate of drug-likeness (QED) is 0.867. The van der Waals surface area contributed by atoms with Gasteiger partial charge in [0.1, 0.15) is 5.76 Å². The first-order valence-electron chi connectivity index (χ1n) is 7.24. The smallest absolute Gasteiger partial charge is 0.257 e. The van der Waals surface area contributed by atoms with E-state index in [4.69, 9.17) is 4.42 Å². The van der Waals surface area contributed by atoms with Crippen LogP contribution in [0.5, 0.6) is 0 Å². The average Bonchev–Trinajstić information content (AvgIpc) is 2.86. The number of halogens is 1. The largest absolute Gasteiger partial charge is 0.469 e. The molecular formula is C15H23ClN2O2. The lowest BCUT2D eigenvalue weighted by molar-refractivity contribution is 0.0494. The van der Waals surface area contributed by atoms with E-state index in [1.165, 1.54) is 12.8 Å². The molecular weight excluding hydrogens is 276 g/mol. The van der Waals surface area contributed by atoms with Gasteiger partial charge in [-0.05, 0) is 57.2 Å². The number of nitrogens with one attached hydrogen (secondary N) is 1. The van der Waals surface area contributed by atoms with Crippen LogP contribution in [-0.2, 0) is 0 Å². The molecule has 1 N–H and O–H groups in total. The van der Waals surface area contributed by atoms with Crippen LogP contribution >= 0.6 is 12.4 Å². The van der Waals surface area contributed by atoms with Gasteiger partial charge < -0.3 is 14.6 Å². The Balaban J connectivity index is 0.00000147. The molecule has 0 aromatic carbocycles. The van der Waals surface area contributed by atoms with E-state index in [-0.39, 0.29) is 18.3 Å². The number of likely N-dealkylation sites (tertiary alicyclic amines) is 1. The van der Waals surface area contributed by atoms with Gasteiger partial charge in [-0.1, -0.05) is 0 Å². The van der Waals surface area contributed by atoms with Crippen molar-refractivity contribution < 1.29 is 9.21 Å². The number of piperidine rings is 2. The molecule has 1 amide bonds. The molecule has 3 rings (SSSR count). The zero-order valence-corrected chi connectivity index (χ0v) is 12.8. The maximum absolute atomic E-state index is 12.4. The Kier molecular flexibility index (Phi) is 4.76. The lowest BCUT2D eigenvalue weighted by Crippen LogP contribution is -2.47. The van der Waals surface area contributed by atoms with Crippen LogP contribution in [0.25, 0.3) is 0 Å². The molecule has 1 aromatic heterocycles. The summed E-state index contributed by atoms with van der Waals surface area (Å²) in [5, 5.41) is 3.43. The molecule has 2 saturated heterocycles. The summed E-state index contributed by atoms with van der Waals surface area (Å²) in [7, 11) is 0. The topological polar surface area (TPSA) is 45.5 Å². The van der Waals surface area contributed by atoms with Crippen LogP contribution in [0, 0.1) is 12.3 Å². The molecule has 112 valence electrons. The van der Waals surface area contributed by atoms with Crippen molar-refractivity contribution in [3.05, 3.63) is 23.7 Å². The highest BCUT2D eigenvalue weighted by molar-refractivity contribution is 5.95. The number of amides is 1. The summed E-state index contributed by atoms with van der Waals surface area (Å²) >= 11 is 0. The van der Waals surface area contributed by atoms with Gasteiger partial charge in [0.25, 0.3) is 5.91 Å². The number of hydrogen-bond acceptors (Lipinski definition) is 3. The van der Waals surface area contributed by atoms with Crippen LogP contribution in [0.4, 0.5) is 0 Å². The van der Waals surface area contributed by atoms with Gasteiger partial charge in [-0.2, -0.15) is 0 Å². The Morgan fingerprint density at radius 3 is 2.45 bits per heavy atom. The first kappa shape index (κ1) is 15.4. The molecule has 0 aliphatic carbocycles. The maximum atomic E-state index is 12.4. The van der Waals surface area contributed by atoms with Gasteiger partial charge in [0, 0.05) is 13.1 Å². The van der Waals surface area contributed by atoms with Crippen LogP contribution in [0.1, 0.15) is 41.8 Å². The monoisotopic (exact) mass is 298 g/mol. The first-order valence-corrected chi connectivity index (χ1v) is 7.24. The number of carbonyl (C=O) groups is 1. The van der Waals surface area contributed by atoms with Gasteiger partial charge in [0.15, 0.2) is 0 Å². The normalized spacial score (nSPS) is 21.6. The molecule has 3 heterocycles. The van der Waals surface area contributed by atoms with Crippen molar-refractivity contribution in [2.24, 2.45) is 5.41 Å². The number of aryl methyl sites for hydroxylation is 1. The molecule has 0 radical (unpaired) electrons. The number of hydrogen-bond donors (Lipinski definition) is 1. The number of carbonyl (C=O) groups excluding carboxylic acids is 1. The molecule has 0 atom stereocenters. The Morgan fingerprint density at radius 2 is 1.90 bits per heavy atom. The molecule has 1 aromatic rings. The summed E-state index contributed by atoms with van der Waals surface area (Å²) in [5.41, 5.74) is 1.22. The molecule has 20 heavy (non-hydrogen) atoms. The standard InChI is InChI=1S/C15H22N2O2.ClH/c1-12-13(2-11-19-12)14(18)17-9-5-15(6-10-17)3-7-16-8-4-15;/h2,11,16H,3-10H2,1H3;1H. The van der Waals surface area contributed by atoms with Gasteiger partial charge in [-0.15, -0.1) is 12.4 Å². The van der Waals surface area contributed by atoms with Gasteiger partial charge in [-0.3, -0.25) is 4.79 Å². The van der Waals surface area contributed by atoms with Crippen molar-refractivity contribution in [3.63, 3.8) is 0 Å². The molecule has 1 spiro atoms. The zero-order chi connectivity index (χ0) is 13.3. The Bertz CT molecular complexity index is 456. The highest BCUT2D eigenvalue weighted by Gasteiger charge is 2.37. The van der Waals surface area contributed by atoms with Gasteiger partial charge in [-0.25, -0.2) is 0 Å². The van der Waals surface area contributed by atoms with E-state index in [2.05, 4.69) is 5.32 Å². The molecule has 0 unspecified atom stereocenters. The summed E-state index contributed by atoms with van der Waals surface area (Å²) < 4.78 is 5.23. The summed E-state index contributed by atoms with van der Waals surface area (Å²) in [6.45, 7) is 5.90. The van der Waals surface area contributed by atoms with E-state index in [1.807, 2.05) is 11.8 Å². The highest BCUT2D eigenvalue weighted by Crippen LogP contribution is 2.39. The first-order chi connectivity index (χ1) is 9.20. The predicted octanol–water partition coefficient (Wildman–Crippen LogP) is 2.62. The van der Waals surface area contributed by atoms with Crippen LogP contribution in [0.3, 0.4) is 0 Å². The van der Waals surface area contributed by atoms with Crippen LogP contribution < -0.4 is 5.32 Å². The van der Waals surface area contributed by atoms with E-state index in [0.29, 0.717) is 5.41 Å². The fraction of sp³-hybridized carbons (Fsp3) is 0.667. The van der Waals surface area contributed by atoms with Crippen molar-refractivity contribution in [3.8, 4) is 0 Å². The second-order valence-corrected chi connectivity index (χ2v) is 5.93. The van der Waals surface area contributed by atoms with E-state index in [9.17, 15) is 4.79 Å². The average molecular weight is 299 g/mol. The zero-order valence-electron chi connectivity index (χ0n) is 12.0. The highest BCUT2D eigenvalue weighted by atomic mass is 35.5. The van der Waals surface area contributed by atoms with Crippen molar-refractivity contribution in [1.29, 1.82) is 0 Å². The molecule has 4 nitrogen and oxygen atoms in total. The van der Waals surface area contributed by atoms with Crippen molar-refractivity contribution in [2.75, 3.05) is 26.2 Å². The van der Waals surface area contributed by atoms with E-state index in [1.54, 1.807) is 12.3 Å². The SMILES string of the molecule is Cc1occc1C(=O)N1CCC2(CCNCC2)CC1.Cl. The molecule has 0 bridgehead atoms.